The highest BCUT2D eigenvalue weighted by Gasteiger charge is 2.51. The summed E-state index contributed by atoms with van der Waals surface area (Å²) in [4.78, 5) is 26.4. The van der Waals surface area contributed by atoms with Gasteiger partial charge in [-0.2, -0.15) is 0 Å². The van der Waals surface area contributed by atoms with Crippen LogP contribution in [0.1, 0.15) is 89.9 Å². The minimum absolute atomic E-state index is 0.00383. The SMILES string of the molecule is O=C(NC12CCC(NC(=O)C3CNC(C4CCC(Cl)CC4)O3)(CC1)CC2)C1CNC(C2CCC(Cl)CC2)O1. The Bertz CT molecular complexity index is 782. The summed E-state index contributed by atoms with van der Waals surface area (Å²) in [5, 5.41) is 14.2. The van der Waals surface area contributed by atoms with Crippen LogP contribution in [-0.4, -0.2) is 71.4 Å². The summed E-state index contributed by atoms with van der Waals surface area (Å²) in [6, 6.07) is 0. The summed E-state index contributed by atoms with van der Waals surface area (Å²) in [6.07, 6.45) is 12.6. The van der Waals surface area contributed by atoms with Crippen molar-refractivity contribution in [1.29, 1.82) is 0 Å². The van der Waals surface area contributed by atoms with Crippen LogP contribution in [0.3, 0.4) is 0 Å². The third kappa shape index (κ3) is 5.87. The molecule has 214 valence electrons. The molecule has 4 atom stereocenters. The molecule has 0 aromatic rings. The number of ether oxygens (including phenoxy) is 2. The van der Waals surface area contributed by atoms with E-state index in [1.807, 2.05) is 0 Å². The van der Waals surface area contributed by atoms with Crippen molar-refractivity contribution in [3.8, 4) is 0 Å². The van der Waals surface area contributed by atoms with Gasteiger partial charge in [-0.15, -0.1) is 23.2 Å². The molecule has 8 nitrogen and oxygen atoms in total. The summed E-state index contributed by atoms with van der Waals surface area (Å²) in [7, 11) is 0. The molecule has 10 heteroatoms. The number of carbonyl (C=O) groups excluding carboxylic acids is 2. The molecule has 0 aromatic heterocycles. The molecule has 5 aliphatic carbocycles. The third-order valence-corrected chi connectivity index (χ3v) is 11.4. The summed E-state index contributed by atoms with van der Waals surface area (Å²) < 4.78 is 12.4. The van der Waals surface area contributed by atoms with Crippen LogP contribution in [0.15, 0.2) is 0 Å². The van der Waals surface area contributed by atoms with Gasteiger partial charge in [-0.3, -0.25) is 20.2 Å². The van der Waals surface area contributed by atoms with E-state index < -0.39 is 12.2 Å². The topological polar surface area (TPSA) is 101 Å². The van der Waals surface area contributed by atoms with Crippen LogP contribution >= 0.6 is 23.2 Å². The Hall–Kier alpha value is -0.640. The first-order valence-corrected chi connectivity index (χ1v) is 15.9. The van der Waals surface area contributed by atoms with Crippen LogP contribution in [0.25, 0.3) is 0 Å². The van der Waals surface area contributed by atoms with Gasteiger partial charge in [-0.1, -0.05) is 0 Å². The zero-order valence-corrected chi connectivity index (χ0v) is 23.8. The van der Waals surface area contributed by atoms with E-state index in [1.165, 1.54) is 0 Å². The second-order valence-corrected chi connectivity index (χ2v) is 14.2. The molecule has 0 aromatic carbocycles. The van der Waals surface area contributed by atoms with Gasteiger partial charge in [0.15, 0.2) is 12.2 Å². The average Bonchev–Trinajstić information content (AvgIpc) is 3.62. The fourth-order valence-corrected chi connectivity index (χ4v) is 8.37. The number of fused-ring (bicyclic) bond motifs is 3. The van der Waals surface area contributed by atoms with Crippen LogP contribution in [0.2, 0.25) is 0 Å². The fraction of sp³-hybridized carbons (Fsp3) is 0.929. The third-order valence-electron chi connectivity index (χ3n) is 10.5. The summed E-state index contributed by atoms with van der Waals surface area (Å²) in [5.74, 6) is 0.877. The second-order valence-electron chi connectivity index (χ2n) is 13.0. The lowest BCUT2D eigenvalue weighted by molar-refractivity contribution is -0.140. The van der Waals surface area contributed by atoms with E-state index >= 15 is 0 Å². The Morgan fingerprint density at radius 1 is 0.605 bits per heavy atom. The van der Waals surface area contributed by atoms with Gasteiger partial charge in [0.2, 0.25) is 0 Å². The van der Waals surface area contributed by atoms with Crippen molar-refractivity contribution in [2.75, 3.05) is 13.1 Å². The minimum Gasteiger partial charge on any atom is -0.349 e. The molecule has 2 saturated heterocycles. The zero-order valence-electron chi connectivity index (χ0n) is 22.3. The van der Waals surface area contributed by atoms with Crippen molar-refractivity contribution in [2.24, 2.45) is 11.8 Å². The van der Waals surface area contributed by atoms with E-state index in [0.29, 0.717) is 24.9 Å². The number of alkyl halides is 2. The van der Waals surface area contributed by atoms with E-state index in [9.17, 15) is 9.59 Å². The van der Waals surface area contributed by atoms with Crippen LogP contribution in [0.5, 0.6) is 0 Å². The van der Waals surface area contributed by atoms with Crippen molar-refractivity contribution >= 4 is 35.0 Å². The van der Waals surface area contributed by atoms with E-state index in [0.717, 1.165) is 89.9 Å². The average molecular weight is 572 g/mol. The van der Waals surface area contributed by atoms with Gasteiger partial charge in [0.1, 0.15) is 12.5 Å². The van der Waals surface area contributed by atoms with Gasteiger partial charge in [-0.25, -0.2) is 0 Å². The number of rotatable bonds is 6. The number of carbonyl (C=O) groups is 2. The smallest absolute Gasteiger partial charge is 0.250 e. The summed E-state index contributed by atoms with van der Waals surface area (Å²) in [5.41, 5.74) is -0.362. The Labute approximate surface area is 236 Å². The molecule has 2 aliphatic heterocycles. The van der Waals surface area contributed by atoms with Crippen molar-refractivity contribution in [2.45, 2.75) is 136 Å². The molecule has 2 amide bonds. The van der Waals surface area contributed by atoms with Gasteiger partial charge in [-0.05, 0) is 102 Å². The van der Waals surface area contributed by atoms with Crippen LogP contribution in [0, 0.1) is 11.8 Å². The Morgan fingerprint density at radius 3 is 1.29 bits per heavy atom. The van der Waals surface area contributed by atoms with Crippen molar-refractivity contribution in [1.82, 2.24) is 21.3 Å². The summed E-state index contributed by atoms with van der Waals surface area (Å²) >= 11 is 12.5. The Kier molecular flexibility index (Phi) is 8.20. The molecule has 4 N–H and O–H groups in total. The molecular formula is C28H44Cl2N4O4. The lowest BCUT2D eigenvalue weighted by Crippen LogP contribution is -2.65. The van der Waals surface area contributed by atoms with E-state index in [-0.39, 0.29) is 46.1 Å². The molecular weight excluding hydrogens is 527 g/mol. The van der Waals surface area contributed by atoms with E-state index in [1.54, 1.807) is 0 Å². The molecule has 4 unspecified atom stereocenters. The van der Waals surface area contributed by atoms with Crippen LogP contribution < -0.4 is 21.3 Å². The highest BCUT2D eigenvalue weighted by Crippen LogP contribution is 2.47. The first-order valence-electron chi connectivity index (χ1n) is 15.0. The minimum atomic E-state index is -0.434. The quantitative estimate of drug-likeness (QED) is 0.366. The number of amides is 2. The maximum Gasteiger partial charge on any atom is 0.250 e. The highest BCUT2D eigenvalue weighted by molar-refractivity contribution is 6.20. The second kappa shape index (κ2) is 11.3. The maximum atomic E-state index is 13.2. The standard InChI is InChI=1S/C28H44Cl2N4O4/c29-19-5-1-17(2-6-19)25-31-15-21(37-25)23(35)33-27-9-12-28(13-10-27,14-11-27)34-24(36)22-16-32-26(38-22)18-3-7-20(30)8-4-18/h17-22,25-26,31-32H,1-16H2,(H,33,35)(H,34,36). The number of hydrogen-bond acceptors (Lipinski definition) is 6. The van der Waals surface area contributed by atoms with E-state index in [2.05, 4.69) is 21.3 Å². The lowest BCUT2D eigenvalue weighted by Gasteiger charge is -2.54. The van der Waals surface area contributed by atoms with Gasteiger partial charge in [0, 0.05) is 34.9 Å². The Morgan fingerprint density at radius 2 is 0.947 bits per heavy atom. The zero-order chi connectivity index (χ0) is 26.3. The first kappa shape index (κ1) is 27.5. The lowest BCUT2D eigenvalue weighted by atomic mass is 9.61. The normalized spacial score (nSPS) is 47.1. The van der Waals surface area contributed by atoms with Crippen molar-refractivity contribution in [3.05, 3.63) is 0 Å². The number of halogens is 2. The predicted molar refractivity (Wildman–Crippen MR) is 146 cm³/mol. The summed E-state index contributed by atoms with van der Waals surface area (Å²) in [6.45, 7) is 1.13. The molecule has 38 heavy (non-hydrogen) atoms. The van der Waals surface area contributed by atoms with Gasteiger partial charge in [0.05, 0.1) is 0 Å². The largest absolute Gasteiger partial charge is 0.349 e. The number of nitrogens with one attached hydrogen (secondary N) is 4. The van der Waals surface area contributed by atoms with Crippen molar-refractivity contribution < 1.29 is 19.1 Å². The molecule has 7 aliphatic rings. The molecule has 2 heterocycles. The predicted octanol–water partition coefficient (Wildman–Crippen LogP) is 3.29. The van der Waals surface area contributed by atoms with Gasteiger partial charge < -0.3 is 20.1 Å². The highest BCUT2D eigenvalue weighted by atomic mass is 35.5. The van der Waals surface area contributed by atoms with Crippen LogP contribution in [-0.2, 0) is 19.1 Å². The van der Waals surface area contributed by atoms with E-state index in [4.69, 9.17) is 32.7 Å². The molecule has 0 spiro atoms. The van der Waals surface area contributed by atoms with Gasteiger partial charge >= 0.3 is 0 Å². The maximum absolute atomic E-state index is 13.2. The van der Waals surface area contributed by atoms with Crippen LogP contribution in [0.4, 0.5) is 0 Å². The molecule has 2 bridgehead atoms. The first-order chi connectivity index (χ1) is 18.3. The molecule has 7 rings (SSSR count). The van der Waals surface area contributed by atoms with Crippen molar-refractivity contribution in [3.63, 3.8) is 0 Å². The fourth-order valence-electron chi connectivity index (χ4n) is 7.86. The van der Waals surface area contributed by atoms with Gasteiger partial charge in [0.25, 0.3) is 11.8 Å². The molecule has 7 fully saturated rings. The monoisotopic (exact) mass is 570 g/mol. The molecule has 5 saturated carbocycles. The Balaban J connectivity index is 0.956. The molecule has 0 radical (unpaired) electrons. The number of hydrogen-bond donors (Lipinski definition) is 4.